The summed E-state index contributed by atoms with van der Waals surface area (Å²) in [6.07, 6.45) is -0.939. The van der Waals surface area contributed by atoms with Gasteiger partial charge in [-0.15, -0.1) is 6.58 Å². The van der Waals surface area contributed by atoms with E-state index in [2.05, 4.69) is 27.5 Å². The van der Waals surface area contributed by atoms with E-state index in [9.17, 15) is 18.0 Å². The van der Waals surface area contributed by atoms with E-state index in [-0.39, 0.29) is 54.6 Å². The van der Waals surface area contributed by atoms with Crippen molar-refractivity contribution in [1.29, 1.82) is 1.43 Å². The molecule has 1 amide bonds. The van der Waals surface area contributed by atoms with Crippen molar-refractivity contribution in [3.05, 3.63) is 35.4 Å². The zero-order valence-electron chi connectivity index (χ0n) is 27.9. The average Bonchev–Trinajstić information content (AvgIpc) is 3.29. The fourth-order valence-electron chi connectivity index (χ4n) is 4.48. The van der Waals surface area contributed by atoms with Crippen LogP contribution in [0.5, 0.6) is 0 Å². The molecule has 44 heavy (non-hydrogen) atoms. The van der Waals surface area contributed by atoms with Gasteiger partial charge >= 0.3 is 5.69 Å². The number of carbonyl (C=O) groups excluding carboxylic acids is 1. The number of hydrogen-bond acceptors (Lipinski definition) is 13. The highest BCUT2D eigenvalue weighted by Crippen LogP contribution is 2.49. The topological polar surface area (TPSA) is 174 Å². The summed E-state index contributed by atoms with van der Waals surface area (Å²) < 4.78 is 66.2. The molecule has 15 nitrogen and oxygen atoms in total. The van der Waals surface area contributed by atoms with E-state index in [1.54, 1.807) is 11.0 Å². The summed E-state index contributed by atoms with van der Waals surface area (Å²) in [5, 5.41) is 5.99. The maximum atomic E-state index is 13.1. The zero-order valence-corrected chi connectivity index (χ0v) is 28.4. The first kappa shape index (κ1) is 34.8. The summed E-state index contributed by atoms with van der Waals surface area (Å²) in [5.41, 5.74) is 2.11. The zero-order chi connectivity index (χ0) is 34.6. The van der Waals surface area contributed by atoms with Gasteiger partial charge in [-0.25, -0.2) is 22.5 Å². The molecule has 18 heteroatoms. The quantitative estimate of drug-likeness (QED) is 0.0952. The van der Waals surface area contributed by atoms with Crippen LogP contribution in [0.25, 0.3) is 0 Å². The molecule has 2 aliphatic heterocycles. The Morgan fingerprint density at radius 1 is 1.39 bits per heavy atom. The minimum absolute atomic E-state index is 0.00750. The van der Waals surface area contributed by atoms with Crippen LogP contribution in [0.2, 0.25) is 0 Å². The number of ether oxygens (including phenoxy) is 2. The van der Waals surface area contributed by atoms with Gasteiger partial charge in [-0.3, -0.25) is 9.36 Å². The Hall–Kier alpha value is -2.08. The summed E-state index contributed by atoms with van der Waals surface area (Å²) in [6.45, 7) is 13.4. The van der Waals surface area contributed by atoms with Gasteiger partial charge in [-0.2, -0.15) is 10.5 Å². The minimum atomic E-state index is -3.17. The van der Waals surface area contributed by atoms with Gasteiger partial charge in [0.05, 0.1) is 17.6 Å². The monoisotopic (exact) mass is 683 g/mol. The van der Waals surface area contributed by atoms with Crippen LogP contribution in [-0.4, -0.2) is 114 Å². The van der Waals surface area contributed by atoms with Gasteiger partial charge in [-0.05, 0) is 52.9 Å². The first-order chi connectivity index (χ1) is 21.7. The number of rotatable bonds is 12. The predicted octanol–water partition coefficient (Wildman–Crippen LogP) is 1.57. The third-order valence-corrected chi connectivity index (χ3v) is 10.3. The van der Waals surface area contributed by atoms with Gasteiger partial charge in [0.2, 0.25) is 7.34 Å². The highest BCUT2D eigenvalue weighted by molar-refractivity contribution is 7.91. The molecule has 0 radical (unpaired) electrons. The van der Waals surface area contributed by atoms with E-state index in [1.807, 2.05) is 32.4 Å². The lowest BCUT2D eigenvalue weighted by Gasteiger charge is -2.38. The number of sulfone groups is 1. The maximum Gasteiger partial charge on any atom is 0.351 e. The van der Waals surface area contributed by atoms with Crippen LogP contribution in [-0.2, 0) is 33.3 Å². The number of hydrogen-bond donors (Lipinski definition) is 3. The van der Waals surface area contributed by atoms with Crippen LogP contribution in [0, 0.1) is 0 Å². The number of anilines is 1. The Morgan fingerprint density at radius 3 is 2.55 bits per heavy atom. The van der Waals surface area contributed by atoms with Crippen LogP contribution in [0.4, 0.5) is 5.82 Å². The Kier molecular flexibility index (Phi) is 13.9. The van der Waals surface area contributed by atoms with Crippen molar-refractivity contribution in [2.24, 2.45) is 0 Å². The molecule has 0 spiro atoms. The molecule has 2 fully saturated rings. The van der Waals surface area contributed by atoms with E-state index in [0.29, 0.717) is 6.54 Å². The number of aliphatic hydroxyl groups excluding tert-OH is 1. The average molecular weight is 684 g/mol. The lowest BCUT2D eigenvalue weighted by Crippen LogP contribution is -2.48. The molecule has 3 N–H and O–H groups in total. The molecular formula is C26H45N6O9PS2. The molecule has 5 atom stereocenters. The van der Waals surface area contributed by atoms with Crippen molar-refractivity contribution in [3.63, 3.8) is 0 Å². The first-order valence-electron chi connectivity index (χ1n) is 15.0. The van der Waals surface area contributed by atoms with Gasteiger partial charge in [0.15, 0.2) is 22.2 Å². The van der Waals surface area contributed by atoms with Gasteiger partial charge in [-0.1, -0.05) is 6.08 Å². The van der Waals surface area contributed by atoms with Crippen molar-refractivity contribution >= 4 is 47.5 Å². The highest BCUT2D eigenvalue weighted by atomic mass is 32.2. The number of aliphatic hydroxyl groups is 1. The van der Waals surface area contributed by atoms with Gasteiger partial charge in [0.1, 0.15) is 11.9 Å². The van der Waals surface area contributed by atoms with E-state index >= 15 is 0 Å². The Morgan fingerprint density at radius 2 is 2.02 bits per heavy atom. The van der Waals surface area contributed by atoms with Crippen molar-refractivity contribution < 1.29 is 38.3 Å². The summed E-state index contributed by atoms with van der Waals surface area (Å²) in [6, 6.07) is 1.45. The van der Waals surface area contributed by atoms with Crippen LogP contribution in [0.3, 0.4) is 0 Å². The lowest BCUT2D eigenvalue weighted by atomic mass is 10.1. The number of hydroxylamine groups is 1. The summed E-state index contributed by atoms with van der Waals surface area (Å²) in [7, 11) is -3.68. The number of amides is 1. The molecule has 2 aliphatic rings. The molecule has 3 rings (SSSR count). The lowest BCUT2D eigenvalue weighted by molar-refractivity contribution is -0.114. The van der Waals surface area contributed by atoms with Crippen molar-refractivity contribution in [2.45, 2.75) is 78.1 Å². The molecule has 1 aromatic rings. The molecular weight excluding hydrogens is 635 g/mol. The first-order valence-corrected chi connectivity index (χ1v) is 17.3. The predicted molar refractivity (Wildman–Crippen MR) is 171 cm³/mol. The Balaban J connectivity index is 0.00000236. The molecule has 3 heterocycles. The van der Waals surface area contributed by atoms with Crippen molar-refractivity contribution in [2.75, 3.05) is 43.6 Å². The van der Waals surface area contributed by atoms with E-state index < -0.39 is 54.5 Å². The molecule has 2 saturated heterocycles. The number of nitrogens with one attached hydrogen (secondary N) is 2. The Labute approximate surface area is 268 Å². The Bertz CT molecular complexity index is 1300. The third kappa shape index (κ3) is 10.5. The van der Waals surface area contributed by atoms with Crippen molar-refractivity contribution in [3.8, 4) is 0 Å². The van der Waals surface area contributed by atoms with Crippen LogP contribution in [0.1, 0.15) is 49.1 Å². The normalized spacial score (nSPS) is 24.2. The molecule has 0 aliphatic carbocycles. The van der Waals surface area contributed by atoms with Crippen LogP contribution in [0.15, 0.2) is 29.7 Å². The van der Waals surface area contributed by atoms with Gasteiger partial charge in [0, 0.05) is 53.3 Å². The maximum absolute atomic E-state index is 13.1. The van der Waals surface area contributed by atoms with Crippen LogP contribution < -0.4 is 16.5 Å². The fraction of sp³-hybridized carbons (Fsp3) is 0.692. The number of thiocarbonyl (C=S) groups is 1. The van der Waals surface area contributed by atoms with Crippen molar-refractivity contribution in [1.82, 2.24) is 24.6 Å². The van der Waals surface area contributed by atoms with Crippen LogP contribution >= 0.6 is 20.7 Å². The molecule has 0 saturated carbocycles. The number of carbonyl (C=O) groups is 1. The summed E-state index contributed by atoms with van der Waals surface area (Å²) in [4.78, 5) is 30.2. The molecule has 0 aromatic carbocycles. The van der Waals surface area contributed by atoms with Gasteiger partial charge < -0.3 is 29.3 Å². The molecule has 0 bridgehead atoms. The number of aromatic nitrogens is 2. The standard InChI is InChI=1S/C25H41N6O8PS2.CH4O/c1-8-10-26-39-40(31(16(2)3)17(4)5)38-21-18(6)36-23(30-11-9-20(27-19(7)32)28-24(30)33)22(21)37-25(41)29-12-14-42(34,35)15-13-29;1-2/h8-9,11,16-18,21-23,26H,1,10,12-15H2,2-7H3,(H,27,28,32,33);2H,1H3/t18-,21+,22+,23?,40?;/m1./s1/i6D;2T. The summed E-state index contributed by atoms with van der Waals surface area (Å²) in [5.74, 6) is -0.474. The fourth-order valence-corrected chi connectivity index (χ4v) is 7.62. The SMILES string of the molecule is [2H]C[C@H]1OC(n2ccc(NC(C)=O)nc2=O)[C@@H](OC(=S)N2CCS(=O)(=O)CC2)[C@H]1OP(ONCC=C)N(C(C)C)C(C)C.[3H]OC. The second-order valence-electron chi connectivity index (χ2n) is 10.3. The van der Waals surface area contributed by atoms with E-state index in [4.69, 9.17) is 33.6 Å². The van der Waals surface area contributed by atoms with Gasteiger partial charge in [0.25, 0.3) is 13.7 Å². The molecule has 250 valence electrons. The van der Waals surface area contributed by atoms with E-state index in [1.165, 1.54) is 30.9 Å². The smallest absolute Gasteiger partial charge is 0.351 e. The number of nitrogens with zero attached hydrogens (tertiary/aromatic N) is 4. The second kappa shape index (κ2) is 17.6. The largest absolute Gasteiger partial charge is 0.460 e. The highest BCUT2D eigenvalue weighted by Gasteiger charge is 2.50. The molecule has 2 unspecified atom stereocenters. The minimum Gasteiger partial charge on any atom is -0.460 e. The van der Waals surface area contributed by atoms with E-state index in [0.717, 1.165) is 0 Å². The summed E-state index contributed by atoms with van der Waals surface area (Å²) >= 11 is 5.59. The second-order valence-corrected chi connectivity index (χ2v) is 14.3. The molecule has 1 aromatic heterocycles. The third-order valence-electron chi connectivity index (χ3n) is 6.36.